The predicted octanol–water partition coefficient (Wildman–Crippen LogP) is 1.11. The summed E-state index contributed by atoms with van der Waals surface area (Å²) in [4.78, 5) is 25.9. The first kappa shape index (κ1) is 21.1. The van der Waals surface area contributed by atoms with Crippen LogP contribution in [0.2, 0.25) is 0 Å². The Morgan fingerprint density at radius 1 is 1.40 bits per heavy atom. The van der Waals surface area contributed by atoms with Crippen LogP contribution in [0.25, 0.3) is 0 Å². The van der Waals surface area contributed by atoms with Crippen LogP contribution in [0, 0.1) is 6.92 Å². The van der Waals surface area contributed by atoms with E-state index in [4.69, 9.17) is 15.2 Å². The molecule has 1 aromatic carbocycles. The molecule has 25 heavy (non-hydrogen) atoms. The van der Waals surface area contributed by atoms with E-state index in [1.165, 1.54) is 7.11 Å². The van der Waals surface area contributed by atoms with E-state index in [0.29, 0.717) is 29.2 Å². The van der Waals surface area contributed by atoms with Crippen molar-refractivity contribution >= 4 is 24.2 Å². The van der Waals surface area contributed by atoms with Gasteiger partial charge in [0.2, 0.25) is 5.91 Å². The summed E-state index contributed by atoms with van der Waals surface area (Å²) in [6, 6.07) is 3.31. The van der Waals surface area contributed by atoms with Crippen molar-refractivity contribution in [1.82, 2.24) is 10.2 Å². The number of hydrogen-bond donors (Lipinski definition) is 2. The van der Waals surface area contributed by atoms with Crippen molar-refractivity contribution in [3.8, 4) is 11.5 Å². The number of amides is 2. The zero-order chi connectivity index (χ0) is 17.9. The molecule has 0 bridgehead atoms. The Balaban J connectivity index is 0.00000312. The van der Waals surface area contributed by atoms with Crippen molar-refractivity contribution in [1.29, 1.82) is 0 Å². The van der Waals surface area contributed by atoms with Gasteiger partial charge < -0.3 is 25.4 Å². The Labute approximate surface area is 154 Å². The number of nitrogens with two attached hydrogens (primary N) is 1. The molecular formula is C17H26ClN3O4. The SMILES string of the molecule is COc1c(O[C@@H](C)C(=O)N2CCNC[C@H]2C)ccc(C(N)=O)c1C.Cl. The van der Waals surface area contributed by atoms with Gasteiger partial charge in [0.1, 0.15) is 0 Å². The van der Waals surface area contributed by atoms with E-state index >= 15 is 0 Å². The quantitative estimate of drug-likeness (QED) is 0.808. The highest BCUT2D eigenvalue weighted by molar-refractivity contribution is 5.95. The van der Waals surface area contributed by atoms with Gasteiger partial charge >= 0.3 is 0 Å². The minimum Gasteiger partial charge on any atom is -0.493 e. The number of piperazine rings is 1. The normalized spacial score (nSPS) is 18.1. The molecule has 1 aliphatic heterocycles. The lowest BCUT2D eigenvalue weighted by Crippen LogP contribution is -2.55. The first-order valence-electron chi connectivity index (χ1n) is 8.02. The number of rotatable bonds is 5. The summed E-state index contributed by atoms with van der Waals surface area (Å²) >= 11 is 0. The molecule has 0 unspecified atom stereocenters. The molecule has 0 aliphatic carbocycles. The van der Waals surface area contributed by atoms with Gasteiger partial charge in [0.05, 0.1) is 7.11 Å². The Kier molecular flexibility index (Phi) is 7.51. The van der Waals surface area contributed by atoms with Crippen LogP contribution >= 0.6 is 12.4 Å². The fourth-order valence-corrected chi connectivity index (χ4v) is 2.92. The van der Waals surface area contributed by atoms with Crippen LogP contribution in [0.4, 0.5) is 0 Å². The summed E-state index contributed by atoms with van der Waals surface area (Å²) in [5.41, 5.74) is 6.31. The van der Waals surface area contributed by atoms with Gasteiger partial charge in [-0.15, -0.1) is 12.4 Å². The minimum atomic E-state index is -0.654. The number of hydrogen-bond acceptors (Lipinski definition) is 5. The summed E-state index contributed by atoms with van der Waals surface area (Å²) in [6.45, 7) is 7.66. The lowest BCUT2D eigenvalue weighted by molar-refractivity contribution is -0.140. The highest BCUT2D eigenvalue weighted by atomic mass is 35.5. The summed E-state index contributed by atoms with van der Waals surface area (Å²) in [5, 5.41) is 3.25. The van der Waals surface area contributed by atoms with E-state index in [2.05, 4.69) is 5.32 Å². The largest absolute Gasteiger partial charge is 0.493 e. The predicted molar refractivity (Wildman–Crippen MR) is 97.6 cm³/mol. The number of ether oxygens (including phenoxy) is 2. The van der Waals surface area contributed by atoms with Crippen LogP contribution in [0.15, 0.2) is 12.1 Å². The molecule has 0 radical (unpaired) electrons. The van der Waals surface area contributed by atoms with Gasteiger partial charge in [0.15, 0.2) is 17.6 Å². The van der Waals surface area contributed by atoms with E-state index in [1.54, 1.807) is 26.0 Å². The molecule has 2 rings (SSSR count). The number of primary amides is 1. The zero-order valence-corrected chi connectivity index (χ0v) is 15.8. The molecule has 1 heterocycles. The monoisotopic (exact) mass is 371 g/mol. The Morgan fingerprint density at radius 3 is 2.64 bits per heavy atom. The van der Waals surface area contributed by atoms with E-state index in [9.17, 15) is 9.59 Å². The molecule has 0 saturated carbocycles. The fraction of sp³-hybridized carbons (Fsp3) is 0.529. The number of nitrogens with one attached hydrogen (secondary N) is 1. The van der Waals surface area contributed by atoms with Gasteiger partial charge in [-0.05, 0) is 32.9 Å². The van der Waals surface area contributed by atoms with Gasteiger partial charge in [0, 0.05) is 36.8 Å². The second-order valence-corrected chi connectivity index (χ2v) is 5.98. The van der Waals surface area contributed by atoms with Crippen LogP contribution in [-0.4, -0.2) is 55.6 Å². The molecule has 2 atom stereocenters. The second kappa shape index (κ2) is 8.92. The van der Waals surface area contributed by atoms with Crippen LogP contribution in [-0.2, 0) is 4.79 Å². The van der Waals surface area contributed by atoms with Gasteiger partial charge in [-0.3, -0.25) is 9.59 Å². The van der Waals surface area contributed by atoms with Crippen molar-refractivity contribution < 1.29 is 19.1 Å². The van der Waals surface area contributed by atoms with E-state index < -0.39 is 12.0 Å². The van der Waals surface area contributed by atoms with E-state index in [1.807, 2.05) is 11.8 Å². The standard InChI is InChI=1S/C17H25N3O4.ClH/c1-10-9-19-7-8-20(10)17(22)12(3)24-14-6-5-13(16(18)21)11(2)15(14)23-4;/h5-6,10,12,19H,7-9H2,1-4H3,(H2,18,21);1H/t10-,12+;/m1./s1. The first-order chi connectivity index (χ1) is 11.4. The van der Waals surface area contributed by atoms with E-state index in [0.717, 1.165) is 13.1 Å². The highest BCUT2D eigenvalue weighted by Crippen LogP contribution is 2.33. The van der Waals surface area contributed by atoms with Crippen molar-refractivity contribution in [3.05, 3.63) is 23.3 Å². The fourth-order valence-electron chi connectivity index (χ4n) is 2.92. The molecule has 7 nitrogen and oxygen atoms in total. The summed E-state index contributed by atoms with van der Waals surface area (Å²) in [5.74, 6) is 0.238. The van der Waals surface area contributed by atoms with E-state index in [-0.39, 0.29) is 24.4 Å². The molecule has 0 spiro atoms. The number of carbonyl (C=O) groups excluding carboxylic acids is 2. The third kappa shape index (κ3) is 4.55. The van der Waals surface area contributed by atoms with Crippen molar-refractivity contribution in [2.24, 2.45) is 5.73 Å². The second-order valence-electron chi connectivity index (χ2n) is 5.98. The van der Waals surface area contributed by atoms with Crippen LogP contribution in [0.1, 0.15) is 29.8 Å². The maximum atomic E-state index is 12.6. The molecule has 1 fully saturated rings. The molecular weight excluding hydrogens is 346 g/mol. The maximum absolute atomic E-state index is 12.6. The zero-order valence-electron chi connectivity index (χ0n) is 15.0. The number of carbonyl (C=O) groups is 2. The number of nitrogens with zero attached hydrogens (tertiary/aromatic N) is 1. The molecule has 1 aromatic rings. The van der Waals surface area contributed by atoms with Crippen LogP contribution in [0.5, 0.6) is 11.5 Å². The third-order valence-corrected chi connectivity index (χ3v) is 4.28. The molecule has 8 heteroatoms. The molecule has 1 saturated heterocycles. The number of halogens is 1. The van der Waals surface area contributed by atoms with Crippen molar-refractivity contribution in [3.63, 3.8) is 0 Å². The number of methoxy groups -OCH3 is 1. The smallest absolute Gasteiger partial charge is 0.263 e. The summed E-state index contributed by atoms with van der Waals surface area (Å²) in [6.07, 6.45) is -0.654. The van der Waals surface area contributed by atoms with Gasteiger partial charge in [-0.2, -0.15) is 0 Å². The van der Waals surface area contributed by atoms with Crippen molar-refractivity contribution in [2.75, 3.05) is 26.7 Å². The lowest BCUT2D eigenvalue weighted by atomic mass is 10.1. The first-order valence-corrected chi connectivity index (χ1v) is 8.02. The summed E-state index contributed by atoms with van der Waals surface area (Å²) < 4.78 is 11.2. The number of benzene rings is 1. The molecule has 1 aliphatic rings. The van der Waals surface area contributed by atoms with Gasteiger partial charge in [0.25, 0.3) is 5.91 Å². The average molecular weight is 372 g/mol. The highest BCUT2D eigenvalue weighted by Gasteiger charge is 2.29. The van der Waals surface area contributed by atoms with Crippen LogP contribution < -0.4 is 20.5 Å². The van der Waals surface area contributed by atoms with Crippen molar-refractivity contribution in [2.45, 2.75) is 32.9 Å². The molecule has 0 aromatic heterocycles. The Bertz CT molecular complexity index is 639. The summed E-state index contributed by atoms with van der Waals surface area (Å²) in [7, 11) is 1.49. The van der Waals surface area contributed by atoms with Gasteiger partial charge in [-0.25, -0.2) is 0 Å². The minimum absolute atomic E-state index is 0. The lowest BCUT2D eigenvalue weighted by Gasteiger charge is -2.35. The Hall–Kier alpha value is -1.99. The average Bonchev–Trinajstić information content (AvgIpc) is 2.54. The third-order valence-electron chi connectivity index (χ3n) is 4.28. The molecule has 2 amide bonds. The molecule has 3 N–H and O–H groups in total. The molecule has 140 valence electrons. The Morgan fingerprint density at radius 2 is 2.08 bits per heavy atom. The maximum Gasteiger partial charge on any atom is 0.263 e. The van der Waals surface area contributed by atoms with Crippen LogP contribution in [0.3, 0.4) is 0 Å². The topological polar surface area (TPSA) is 93.9 Å². The van der Waals surface area contributed by atoms with Gasteiger partial charge in [-0.1, -0.05) is 0 Å².